The fourth-order valence-electron chi connectivity index (χ4n) is 1.70. The van der Waals surface area contributed by atoms with Crippen LogP contribution in [0.25, 0.3) is 0 Å². The molecular formula is C14H18Cl3FN2O. The largest absolute Gasteiger partial charge is 0.338 e. The number of halogens is 4. The third kappa shape index (κ3) is 5.89. The summed E-state index contributed by atoms with van der Waals surface area (Å²) in [5.74, 6) is -0.417. The van der Waals surface area contributed by atoms with E-state index in [1.54, 1.807) is 19.1 Å². The molecule has 0 aromatic heterocycles. The van der Waals surface area contributed by atoms with E-state index in [4.69, 9.17) is 34.8 Å². The normalized spacial score (nSPS) is 12.9. The van der Waals surface area contributed by atoms with Gasteiger partial charge in [0.15, 0.2) is 0 Å². The van der Waals surface area contributed by atoms with Crippen molar-refractivity contribution >= 4 is 40.8 Å². The van der Waals surface area contributed by atoms with Gasteiger partial charge in [0.05, 0.1) is 0 Å². The highest BCUT2D eigenvalue weighted by atomic mass is 35.6. The number of nitrogens with one attached hydrogen (secondary N) is 2. The molecule has 3 nitrogen and oxygen atoms in total. The molecular weight excluding hydrogens is 338 g/mol. The van der Waals surface area contributed by atoms with Crippen molar-refractivity contribution in [1.29, 1.82) is 0 Å². The fraction of sp³-hybridized carbons (Fsp3) is 0.500. The summed E-state index contributed by atoms with van der Waals surface area (Å²) in [6.45, 7) is 4.17. The Morgan fingerprint density at radius 1 is 1.38 bits per heavy atom. The van der Waals surface area contributed by atoms with E-state index in [1.165, 1.54) is 6.07 Å². The lowest BCUT2D eigenvalue weighted by atomic mass is 10.1. The molecule has 0 saturated carbocycles. The Bertz CT molecular complexity index is 492. The molecule has 0 bridgehead atoms. The average Bonchev–Trinajstić information content (AvgIpc) is 2.38. The van der Waals surface area contributed by atoms with E-state index >= 15 is 0 Å². The van der Waals surface area contributed by atoms with Crippen LogP contribution in [0.3, 0.4) is 0 Å². The minimum atomic E-state index is -1.79. The number of hydrogen-bond acceptors (Lipinski definition) is 1. The minimum absolute atomic E-state index is 0.392. The number of amides is 2. The van der Waals surface area contributed by atoms with Crippen molar-refractivity contribution in [3.05, 3.63) is 35.1 Å². The first-order chi connectivity index (χ1) is 9.75. The summed E-state index contributed by atoms with van der Waals surface area (Å²) in [5.41, 5.74) is 0.873. The van der Waals surface area contributed by atoms with Crippen LogP contribution in [-0.4, -0.2) is 16.4 Å². The van der Waals surface area contributed by atoms with Gasteiger partial charge in [0.1, 0.15) is 11.9 Å². The van der Waals surface area contributed by atoms with E-state index in [9.17, 15) is 9.18 Å². The third-order valence-electron chi connectivity index (χ3n) is 2.95. The second-order valence-electron chi connectivity index (χ2n) is 4.74. The molecule has 2 amide bonds. The molecule has 0 aliphatic rings. The number of carbonyl (C=O) groups is 1. The zero-order chi connectivity index (χ0) is 16.0. The molecule has 0 radical (unpaired) electrons. The lowest BCUT2D eigenvalue weighted by Crippen LogP contribution is -2.42. The Balaban J connectivity index is 2.86. The summed E-state index contributed by atoms with van der Waals surface area (Å²) >= 11 is 17.7. The van der Waals surface area contributed by atoms with Gasteiger partial charge < -0.3 is 10.6 Å². The molecule has 0 aliphatic heterocycles. The molecule has 0 spiro atoms. The van der Waals surface area contributed by atoms with Crippen molar-refractivity contribution < 1.29 is 9.18 Å². The van der Waals surface area contributed by atoms with E-state index in [2.05, 4.69) is 10.6 Å². The predicted octanol–water partition coefficient (Wildman–Crippen LogP) is 4.64. The third-order valence-corrected chi connectivity index (χ3v) is 3.60. The van der Waals surface area contributed by atoms with Gasteiger partial charge in [0, 0.05) is 6.54 Å². The van der Waals surface area contributed by atoms with Gasteiger partial charge in [-0.05, 0) is 30.5 Å². The molecule has 21 heavy (non-hydrogen) atoms. The van der Waals surface area contributed by atoms with Gasteiger partial charge in [-0.3, -0.25) is 0 Å². The number of rotatable bonds is 5. The minimum Gasteiger partial charge on any atom is -0.338 e. The van der Waals surface area contributed by atoms with Crippen molar-refractivity contribution in [2.24, 2.45) is 0 Å². The second kappa shape index (κ2) is 8.06. The van der Waals surface area contributed by atoms with E-state index in [0.29, 0.717) is 17.7 Å². The van der Waals surface area contributed by atoms with Crippen molar-refractivity contribution in [3.63, 3.8) is 0 Å². The molecule has 0 saturated heterocycles. The number of unbranched alkanes of at least 4 members (excludes halogenated alkanes) is 1. The average molecular weight is 356 g/mol. The smallest absolute Gasteiger partial charge is 0.315 e. The van der Waals surface area contributed by atoms with Gasteiger partial charge in [0.2, 0.25) is 3.79 Å². The van der Waals surface area contributed by atoms with Gasteiger partial charge in [-0.25, -0.2) is 9.18 Å². The number of alkyl halides is 3. The molecule has 1 aromatic carbocycles. The summed E-state index contributed by atoms with van der Waals surface area (Å²) < 4.78 is 11.9. The van der Waals surface area contributed by atoms with Crippen molar-refractivity contribution in [1.82, 2.24) is 10.6 Å². The topological polar surface area (TPSA) is 41.1 Å². The van der Waals surface area contributed by atoms with Crippen molar-refractivity contribution in [2.45, 2.75) is 36.5 Å². The molecule has 7 heteroatoms. The SMILES string of the molecule is CCCCNC(=O)NC(c1ccc(C)c(F)c1)C(Cl)(Cl)Cl. The van der Waals surface area contributed by atoms with Gasteiger partial charge in [-0.1, -0.05) is 60.3 Å². The monoisotopic (exact) mass is 354 g/mol. The number of aryl methyl sites for hydroxylation is 1. The van der Waals surface area contributed by atoms with Crippen LogP contribution in [-0.2, 0) is 0 Å². The Morgan fingerprint density at radius 2 is 2.05 bits per heavy atom. The molecule has 0 fully saturated rings. The standard InChI is InChI=1S/C14H18Cl3FN2O/c1-3-4-7-19-13(21)20-12(14(15,16)17)10-6-5-9(2)11(18)8-10/h5-6,8,12H,3-4,7H2,1-2H3,(H2,19,20,21). The lowest BCUT2D eigenvalue weighted by Gasteiger charge is -2.26. The fourth-order valence-corrected chi connectivity index (χ4v) is 2.25. The van der Waals surface area contributed by atoms with Gasteiger partial charge in [-0.2, -0.15) is 0 Å². The zero-order valence-corrected chi connectivity index (χ0v) is 14.1. The van der Waals surface area contributed by atoms with Crippen LogP contribution in [0.5, 0.6) is 0 Å². The van der Waals surface area contributed by atoms with Crippen LogP contribution < -0.4 is 10.6 Å². The van der Waals surface area contributed by atoms with Crippen LogP contribution >= 0.6 is 34.8 Å². The van der Waals surface area contributed by atoms with E-state index in [-0.39, 0.29) is 0 Å². The maximum absolute atomic E-state index is 13.7. The summed E-state index contributed by atoms with van der Waals surface area (Å²) in [6.07, 6.45) is 1.81. The Kier molecular flexibility index (Phi) is 7.04. The van der Waals surface area contributed by atoms with E-state index in [1.807, 2.05) is 6.92 Å². The maximum Gasteiger partial charge on any atom is 0.315 e. The summed E-state index contributed by atoms with van der Waals surface area (Å²) in [7, 11) is 0. The summed E-state index contributed by atoms with van der Waals surface area (Å²) in [5, 5.41) is 5.23. The Morgan fingerprint density at radius 3 is 2.57 bits per heavy atom. The lowest BCUT2D eigenvalue weighted by molar-refractivity contribution is 0.237. The van der Waals surface area contributed by atoms with Crippen molar-refractivity contribution in [2.75, 3.05) is 6.54 Å². The molecule has 1 unspecified atom stereocenters. The van der Waals surface area contributed by atoms with Crippen LogP contribution in [0.2, 0.25) is 0 Å². The Labute approximate surface area is 139 Å². The molecule has 1 atom stereocenters. The van der Waals surface area contributed by atoms with E-state index < -0.39 is 21.7 Å². The van der Waals surface area contributed by atoms with Gasteiger partial charge in [-0.15, -0.1) is 0 Å². The number of benzene rings is 1. The van der Waals surface area contributed by atoms with Crippen LogP contribution in [0.15, 0.2) is 18.2 Å². The number of carbonyl (C=O) groups excluding carboxylic acids is 1. The molecule has 1 rings (SSSR count). The molecule has 0 aliphatic carbocycles. The second-order valence-corrected chi connectivity index (χ2v) is 7.11. The summed E-state index contributed by atoms with van der Waals surface area (Å²) in [4.78, 5) is 11.8. The maximum atomic E-state index is 13.7. The van der Waals surface area contributed by atoms with Crippen molar-refractivity contribution in [3.8, 4) is 0 Å². The van der Waals surface area contributed by atoms with Crippen LogP contribution in [0.1, 0.15) is 36.9 Å². The number of hydrogen-bond donors (Lipinski definition) is 2. The molecule has 2 N–H and O–H groups in total. The Hall–Kier alpha value is -0.710. The highest BCUT2D eigenvalue weighted by Gasteiger charge is 2.35. The van der Waals surface area contributed by atoms with Gasteiger partial charge in [0.25, 0.3) is 0 Å². The van der Waals surface area contributed by atoms with Gasteiger partial charge >= 0.3 is 6.03 Å². The highest BCUT2D eigenvalue weighted by Crippen LogP contribution is 2.40. The van der Waals surface area contributed by atoms with Crippen LogP contribution in [0.4, 0.5) is 9.18 Å². The number of urea groups is 1. The first-order valence-corrected chi connectivity index (χ1v) is 7.76. The van der Waals surface area contributed by atoms with Crippen LogP contribution in [0, 0.1) is 12.7 Å². The molecule has 118 valence electrons. The quantitative estimate of drug-likeness (QED) is 0.586. The first-order valence-electron chi connectivity index (χ1n) is 6.62. The predicted molar refractivity (Wildman–Crippen MR) is 85.6 cm³/mol. The highest BCUT2D eigenvalue weighted by molar-refractivity contribution is 6.68. The summed E-state index contributed by atoms with van der Waals surface area (Å²) in [6, 6.07) is 3.05. The molecule has 1 aromatic rings. The first kappa shape index (κ1) is 18.3. The van der Waals surface area contributed by atoms with E-state index in [0.717, 1.165) is 12.8 Å². The zero-order valence-electron chi connectivity index (χ0n) is 11.9. The molecule has 0 heterocycles.